The van der Waals surface area contributed by atoms with Crippen molar-refractivity contribution < 1.29 is 4.39 Å². The van der Waals surface area contributed by atoms with Gasteiger partial charge in [0.1, 0.15) is 5.82 Å². The summed E-state index contributed by atoms with van der Waals surface area (Å²) in [7, 11) is 0. The summed E-state index contributed by atoms with van der Waals surface area (Å²) in [6.45, 7) is 6.59. The minimum Gasteiger partial charge on any atom is -0.396 e. The zero-order valence-electron chi connectivity index (χ0n) is 9.20. The van der Waals surface area contributed by atoms with Gasteiger partial charge < -0.3 is 10.6 Å². The fourth-order valence-electron chi connectivity index (χ4n) is 1.87. The monoisotopic (exact) mass is 208 g/mol. The molecule has 0 radical (unpaired) electrons. The molecule has 2 N–H and O–H groups in total. The highest BCUT2D eigenvalue weighted by molar-refractivity contribution is 5.58. The van der Waals surface area contributed by atoms with Crippen molar-refractivity contribution >= 4 is 11.4 Å². The van der Waals surface area contributed by atoms with Gasteiger partial charge in [-0.15, -0.1) is 0 Å². The summed E-state index contributed by atoms with van der Waals surface area (Å²) >= 11 is 0. The zero-order valence-corrected chi connectivity index (χ0v) is 9.20. The van der Waals surface area contributed by atoms with Crippen molar-refractivity contribution in [2.24, 2.45) is 11.8 Å². The van der Waals surface area contributed by atoms with Crippen LogP contribution in [0.3, 0.4) is 0 Å². The van der Waals surface area contributed by atoms with Crippen LogP contribution in [0.15, 0.2) is 18.2 Å². The highest BCUT2D eigenvalue weighted by atomic mass is 19.1. The van der Waals surface area contributed by atoms with Gasteiger partial charge in [0, 0.05) is 18.8 Å². The van der Waals surface area contributed by atoms with E-state index in [9.17, 15) is 4.39 Å². The van der Waals surface area contributed by atoms with Crippen LogP contribution in [0.1, 0.15) is 13.8 Å². The molecule has 3 heteroatoms. The summed E-state index contributed by atoms with van der Waals surface area (Å²) in [6.07, 6.45) is 0. The lowest BCUT2D eigenvalue weighted by Crippen LogP contribution is -2.49. The van der Waals surface area contributed by atoms with E-state index in [2.05, 4.69) is 18.7 Å². The Labute approximate surface area is 89.9 Å². The maximum Gasteiger partial charge on any atom is 0.146 e. The van der Waals surface area contributed by atoms with E-state index in [0.717, 1.165) is 30.6 Å². The molecule has 1 aliphatic heterocycles. The summed E-state index contributed by atoms with van der Waals surface area (Å²) < 4.78 is 12.9. The largest absolute Gasteiger partial charge is 0.396 e. The molecule has 0 unspecified atom stereocenters. The first-order chi connectivity index (χ1) is 7.08. The molecule has 0 aromatic heterocycles. The Kier molecular flexibility index (Phi) is 2.55. The van der Waals surface area contributed by atoms with Gasteiger partial charge in [-0.1, -0.05) is 13.8 Å². The van der Waals surface area contributed by atoms with Crippen LogP contribution in [0.2, 0.25) is 0 Å². The molecule has 15 heavy (non-hydrogen) atoms. The van der Waals surface area contributed by atoms with Crippen molar-refractivity contribution in [3.8, 4) is 0 Å². The Morgan fingerprint density at radius 3 is 2.60 bits per heavy atom. The zero-order chi connectivity index (χ0) is 11.0. The number of benzene rings is 1. The number of nitrogens with two attached hydrogens (primary N) is 1. The van der Waals surface area contributed by atoms with Crippen molar-refractivity contribution in [2.45, 2.75) is 13.8 Å². The number of anilines is 2. The van der Waals surface area contributed by atoms with E-state index >= 15 is 0 Å². The van der Waals surface area contributed by atoms with Crippen LogP contribution in [0.25, 0.3) is 0 Å². The SMILES string of the molecule is CC(C)C1CN(c2ccc(F)c(N)c2)C1. The van der Waals surface area contributed by atoms with E-state index in [1.165, 1.54) is 6.07 Å². The smallest absolute Gasteiger partial charge is 0.146 e. The minimum absolute atomic E-state index is 0.237. The Morgan fingerprint density at radius 2 is 2.07 bits per heavy atom. The van der Waals surface area contributed by atoms with Gasteiger partial charge >= 0.3 is 0 Å². The number of halogens is 1. The fourth-order valence-corrected chi connectivity index (χ4v) is 1.87. The molecule has 1 saturated heterocycles. The second-order valence-electron chi connectivity index (χ2n) is 4.61. The maximum absolute atomic E-state index is 12.9. The normalized spacial score (nSPS) is 16.9. The van der Waals surface area contributed by atoms with Gasteiger partial charge in [-0.2, -0.15) is 0 Å². The minimum atomic E-state index is -0.334. The molecule has 1 aromatic rings. The summed E-state index contributed by atoms with van der Waals surface area (Å²) in [4.78, 5) is 2.24. The summed E-state index contributed by atoms with van der Waals surface area (Å²) in [5, 5.41) is 0. The van der Waals surface area contributed by atoms with Gasteiger partial charge in [0.25, 0.3) is 0 Å². The molecule has 1 fully saturated rings. The average Bonchev–Trinajstić information content (AvgIpc) is 2.08. The lowest BCUT2D eigenvalue weighted by Gasteiger charge is -2.43. The van der Waals surface area contributed by atoms with E-state index in [1.807, 2.05) is 0 Å². The molecule has 0 bridgehead atoms. The molecule has 0 aliphatic carbocycles. The summed E-state index contributed by atoms with van der Waals surface area (Å²) in [6, 6.07) is 4.95. The van der Waals surface area contributed by atoms with Gasteiger partial charge in [0.2, 0.25) is 0 Å². The second kappa shape index (κ2) is 3.72. The molecular formula is C12H17FN2. The number of nitrogen functional groups attached to an aromatic ring is 1. The third-order valence-electron chi connectivity index (χ3n) is 3.20. The standard InChI is InChI=1S/C12H17FN2/c1-8(2)9-6-15(7-9)10-3-4-11(13)12(14)5-10/h3-5,8-9H,6-7,14H2,1-2H3. The van der Waals surface area contributed by atoms with Crippen LogP contribution >= 0.6 is 0 Å². The van der Waals surface area contributed by atoms with Crippen LogP contribution in [-0.4, -0.2) is 13.1 Å². The van der Waals surface area contributed by atoms with Gasteiger partial charge in [0.05, 0.1) is 5.69 Å². The topological polar surface area (TPSA) is 29.3 Å². The molecule has 0 saturated carbocycles. The molecular weight excluding hydrogens is 191 g/mol. The van der Waals surface area contributed by atoms with E-state index < -0.39 is 0 Å². The summed E-state index contributed by atoms with van der Waals surface area (Å²) in [5.74, 6) is 1.15. The van der Waals surface area contributed by atoms with Gasteiger partial charge in [-0.05, 0) is 30.0 Å². The van der Waals surface area contributed by atoms with Crippen molar-refractivity contribution in [1.82, 2.24) is 0 Å². The van der Waals surface area contributed by atoms with E-state index in [0.29, 0.717) is 0 Å². The summed E-state index contributed by atoms with van der Waals surface area (Å²) in [5.41, 5.74) is 6.80. The van der Waals surface area contributed by atoms with Crippen molar-refractivity contribution in [2.75, 3.05) is 23.7 Å². The van der Waals surface area contributed by atoms with Crippen molar-refractivity contribution in [1.29, 1.82) is 0 Å². The Bertz CT molecular complexity index is 357. The maximum atomic E-state index is 12.9. The van der Waals surface area contributed by atoms with E-state index in [-0.39, 0.29) is 11.5 Å². The number of hydrogen-bond donors (Lipinski definition) is 1. The molecule has 0 spiro atoms. The molecule has 1 aliphatic rings. The Balaban J connectivity index is 2.04. The molecule has 0 atom stereocenters. The van der Waals surface area contributed by atoms with Crippen LogP contribution < -0.4 is 10.6 Å². The highest BCUT2D eigenvalue weighted by Gasteiger charge is 2.29. The van der Waals surface area contributed by atoms with E-state index in [1.54, 1.807) is 12.1 Å². The molecule has 0 amide bonds. The number of rotatable bonds is 2. The third kappa shape index (κ3) is 1.91. The quantitative estimate of drug-likeness (QED) is 0.757. The first-order valence-corrected chi connectivity index (χ1v) is 5.38. The first kappa shape index (κ1) is 10.3. The van der Waals surface area contributed by atoms with Crippen LogP contribution in [-0.2, 0) is 0 Å². The van der Waals surface area contributed by atoms with Crippen LogP contribution in [0, 0.1) is 17.7 Å². The predicted molar refractivity (Wildman–Crippen MR) is 61.4 cm³/mol. The second-order valence-corrected chi connectivity index (χ2v) is 4.61. The number of hydrogen-bond acceptors (Lipinski definition) is 2. The lowest BCUT2D eigenvalue weighted by atomic mass is 9.88. The van der Waals surface area contributed by atoms with Gasteiger partial charge in [-0.3, -0.25) is 0 Å². The number of nitrogens with zero attached hydrogens (tertiary/aromatic N) is 1. The van der Waals surface area contributed by atoms with Crippen LogP contribution in [0.5, 0.6) is 0 Å². The predicted octanol–water partition coefficient (Wildman–Crippen LogP) is 2.50. The van der Waals surface area contributed by atoms with Crippen molar-refractivity contribution in [3.05, 3.63) is 24.0 Å². The molecule has 1 aromatic carbocycles. The fraction of sp³-hybridized carbons (Fsp3) is 0.500. The van der Waals surface area contributed by atoms with E-state index in [4.69, 9.17) is 5.73 Å². The molecule has 2 nitrogen and oxygen atoms in total. The molecule has 1 heterocycles. The van der Waals surface area contributed by atoms with Gasteiger partial charge in [-0.25, -0.2) is 4.39 Å². The van der Waals surface area contributed by atoms with Crippen LogP contribution in [0.4, 0.5) is 15.8 Å². The Morgan fingerprint density at radius 1 is 1.40 bits per heavy atom. The third-order valence-corrected chi connectivity index (χ3v) is 3.20. The van der Waals surface area contributed by atoms with Gasteiger partial charge in [0.15, 0.2) is 0 Å². The lowest BCUT2D eigenvalue weighted by molar-refractivity contribution is 0.310. The average molecular weight is 208 g/mol. The highest BCUT2D eigenvalue weighted by Crippen LogP contribution is 2.30. The van der Waals surface area contributed by atoms with Crippen molar-refractivity contribution in [3.63, 3.8) is 0 Å². The first-order valence-electron chi connectivity index (χ1n) is 5.38. The molecule has 82 valence electrons. The molecule has 2 rings (SSSR count). The Hall–Kier alpha value is -1.25.